The van der Waals surface area contributed by atoms with Crippen molar-refractivity contribution in [2.45, 2.75) is 25.9 Å². The van der Waals surface area contributed by atoms with E-state index in [-0.39, 0.29) is 11.0 Å². The van der Waals surface area contributed by atoms with Crippen LogP contribution in [0.1, 0.15) is 25.3 Å². The fourth-order valence-electron chi connectivity index (χ4n) is 1.35. The number of rotatable bonds is 4. The summed E-state index contributed by atoms with van der Waals surface area (Å²) in [6.45, 7) is 2.67. The van der Waals surface area contributed by atoms with Gasteiger partial charge in [-0.05, 0) is 18.6 Å². The van der Waals surface area contributed by atoms with Crippen LogP contribution in [0.2, 0.25) is 5.15 Å². The van der Waals surface area contributed by atoms with Crippen LogP contribution in [0, 0.1) is 0 Å². The van der Waals surface area contributed by atoms with E-state index in [1.54, 1.807) is 11.9 Å². The Morgan fingerprint density at radius 3 is 2.53 bits per heavy atom. The van der Waals surface area contributed by atoms with Gasteiger partial charge in [0, 0.05) is 13.6 Å². The first-order chi connectivity index (χ1) is 7.84. The molecule has 1 aromatic heterocycles. The van der Waals surface area contributed by atoms with Crippen molar-refractivity contribution in [3.63, 3.8) is 0 Å². The van der Waals surface area contributed by atoms with Crippen LogP contribution in [-0.2, 0) is 6.18 Å². The van der Waals surface area contributed by atoms with E-state index in [1.807, 2.05) is 6.92 Å². The number of anilines is 1. The van der Waals surface area contributed by atoms with E-state index in [4.69, 9.17) is 11.6 Å². The molecule has 1 heterocycles. The summed E-state index contributed by atoms with van der Waals surface area (Å²) in [6, 6.07) is 1.85. The largest absolute Gasteiger partial charge is 0.416 e. The van der Waals surface area contributed by atoms with Crippen LogP contribution in [0.3, 0.4) is 0 Å². The summed E-state index contributed by atoms with van der Waals surface area (Å²) in [6.07, 6.45) is -2.53. The molecule has 0 aromatic carbocycles. The normalized spacial score (nSPS) is 11.6. The molecule has 0 aliphatic rings. The van der Waals surface area contributed by atoms with E-state index < -0.39 is 11.7 Å². The second-order valence-corrected chi connectivity index (χ2v) is 4.20. The number of halogens is 4. The number of hydrogen-bond donors (Lipinski definition) is 0. The van der Waals surface area contributed by atoms with Crippen LogP contribution in [0.25, 0.3) is 0 Å². The average molecular weight is 267 g/mol. The van der Waals surface area contributed by atoms with Gasteiger partial charge in [0.2, 0.25) is 0 Å². The minimum absolute atomic E-state index is 0.141. The molecule has 2 nitrogen and oxygen atoms in total. The molecule has 1 aromatic rings. The van der Waals surface area contributed by atoms with Crippen molar-refractivity contribution >= 4 is 17.4 Å². The monoisotopic (exact) mass is 266 g/mol. The third-order valence-corrected chi connectivity index (χ3v) is 2.54. The zero-order valence-electron chi connectivity index (χ0n) is 9.68. The molecule has 0 amide bonds. The summed E-state index contributed by atoms with van der Waals surface area (Å²) in [5.41, 5.74) is -0.768. The van der Waals surface area contributed by atoms with Gasteiger partial charge >= 0.3 is 6.18 Å². The zero-order valence-corrected chi connectivity index (χ0v) is 10.4. The number of unbranched alkanes of at least 4 members (excludes halogenated alkanes) is 1. The maximum atomic E-state index is 12.6. The SMILES string of the molecule is CCCCN(C)c1cc(C(F)(F)F)cc(Cl)n1. The van der Waals surface area contributed by atoms with E-state index in [1.165, 1.54) is 0 Å². The lowest BCUT2D eigenvalue weighted by Gasteiger charge is -2.19. The lowest BCUT2D eigenvalue weighted by Crippen LogP contribution is -2.20. The molecule has 0 radical (unpaired) electrons. The maximum Gasteiger partial charge on any atom is 0.416 e. The van der Waals surface area contributed by atoms with Crippen molar-refractivity contribution in [3.8, 4) is 0 Å². The van der Waals surface area contributed by atoms with E-state index in [0.717, 1.165) is 25.0 Å². The second-order valence-electron chi connectivity index (χ2n) is 3.81. The molecule has 0 saturated carbocycles. The Morgan fingerprint density at radius 1 is 1.35 bits per heavy atom. The minimum Gasteiger partial charge on any atom is -0.360 e. The molecule has 96 valence electrons. The highest BCUT2D eigenvalue weighted by Gasteiger charge is 2.31. The smallest absolute Gasteiger partial charge is 0.360 e. The van der Waals surface area contributed by atoms with Gasteiger partial charge in [-0.2, -0.15) is 13.2 Å². The fraction of sp³-hybridized carbons (Fsp3) is 0.545. The first kappa shape index (κ1) is 14.1. The average Bonchev–Trinajstić information content (AvgIpc) is 2.23. The van der Waals surface area contributed by atoms with Crippen molar-refractivity contribution < 1.29 is 13.2 Å². The van der Waals surface area contributed by atoms with Gasteiger partial charge in [0.05, 0.1) is 5.56 Å². The highest BCUT2D eigenvalue weighted by atomic mass is 35.5. The van der Waals surface area contributed by atoms with Gasteiger partial charge in [-0.3, -0.25) is 0 Å². The Balaban J connectivity index is 2.97. The minimum atomic E-state index is -4.40. The van der Waals surface area contributed by atoms with Gasteiger partial charge in [0.1, 0.15) is 11.0 Å². The predicted molar refractivity (Wildman–Crippen MR) is 62.4 cm³/mol. The summed E-state index contributed by atoms with van der Waals surface area (Å²) >= 11 is 5.60. The number of hydrogen-bond acceptors (Lipinski definition) is 2. The Labute approximate surface area is 103 Å². The summed E-state index contributed by atoms with van der Waals surface area (Å²) in [5, 5.41) is -0.141. The Hall–Kier alpha value is -0.970. The summed E-state index contributed by atoms with van der Waals surface area (Å²) in [5.74, 6) is 0.248. The van der Waals surface area contributed by atoms with Crippen molar-refractivity contribution in [3.05, 3.63) is 22.8 Å². The zero-order chi connectivity index (χ0) is 13.1. The lowest BCUT2D eigenvalue weighted by molar-refractivity contribution is -0.137. The first-order valence-electron chi connectivity index (χ1n) is 5.30. The van der Waals surface area contributed by atoms with Crippen molar-refractivity contribution in [1.82, 2.24) is 4.98 Å². The van der Waals surface area contributed by atoms with Gasteiger partial charge in [-0.15, -0.1) is 0 Å². The molecular formula is C11H14ClF3N2. The van der Waals surface area contributed by atoms with Crippen LogP contribution in [0.5, 0.6) is 0 Å². The highest BCUT2D eigenvalue weighted by molar-refractivity contribution is 6.29. The van der Waals surface area contributed by atoms with Crippen LogP contribution >= 0.6 is 11.6 Å². The molecule has 0 fully saturated rings. The summed E-state index contributed by atoms with van der Waals surface area (Å²) in [4.78, 5) is 5.56. The van der Waals surface area contributed by atoms with Gasteiger partial charge in [-0.25, -0.2) is 4.98 Å². The van der Waals surface area contributed by atoms with Crippen LogP contribution in [0.4, 0.5) is 19.0 Å². The quantitative estimate of drug-likeness (QED) is 0.766. The molecule has 0 saturated heterocycles. The molecule has 17 heavy (non-hydrogen) atoms. The van der Waals surface area contributed by atoms with Gasteiger partial charge < -0.3 is 4.90 Å². The van der Waals surface area contributed by atoms with E-state index in [0.29, 0.717) is 6.54 Å². The Morgan fingerprint density at radius 2 is 2.00 bits per heavy atom. The van der Waals surface area contributed by atoms with Crippen LogP contribution < -0.4 is 4.90 Å². The molecule has 0 spiro atoms. The third kappa shape index (κ3) is 4.07. The van der Waals surface area contributed by atoms with Crippen molar-refractivity contribution in [2.75, 3.05) is 18.5 Å². The Kier molecular flexibility index (Phi) is 4.62. The molecule has 0 aliphatic carbocycles. The third-order valence-electron chi connectivity index (χ3n) is 2.35. The summed E-state index contributed by atoms with van der Waals surface area (Å²) in [7, 11) is 1.70. The molecule has 0 aliphatic heterocycles. The van der Waals surface area contributed by atoms with Crippen molar-refractivity contribution in [2.24, 2.45) is 0 Å². The Bertz CT molecular complexity index is 379. The molecule has 0 bridgehead atoms. The van der Waals surface area contributed by atoms with Crippen LogP contribution in [-0.4, -0.2) is 18.6 Å². The number of alkyl halides is 3. The second kappa shape index (κ2) is 5.58. The van der Waals surface area contributed by atoms with Crippen LogP contribution in [0.15, 0.2) is 12.1 Å². The lowest BCUT2D eigenvalue weighted by atomic mass is 10.2. The van der Waals surface area contributed by atoms with Gasteiger partial charge in [-0.1, -0.05) is 24.9 Å². The molecule has 0 atom stereocenters. The number of aromatic nitrogens is 1. The number of nitrogens with zero attached hydrogens (tertiary/aromatic N) is 2. The van der Waals surface area contributed by atoms with Crippen molar-refractivity contribution in [1.29, 1.82) is 0 Å². The number of pyridine rings is 1. The predicted octanol–water partition coefficient (Wildman–Crippen LogP) is 3.99. The summed E-state index contributed by atoms with van der Waals surface area (Å²) < 4.78 is 37.7. The molecular weight excluding hydrogens is 253 g/mol. The fourth-order valence-corrected chi connectivity index (χ4v) is 1.56. The highest BCUT2D eigenvalue weighted by Crippen LogP contribution is 2.32. The standard InChI is InChI=1S/C11H14ClF3N2/c1-3-4-5-17(2)10-7-8(11(13,14)15)6-9(12)16-10/h6-7H,3-5H2,1-2H3. The van der Waals surface area contributed by atoms with E-state index >= 15 is 0 Å². The topological polar surface area (TPSA) is 16.1 Å². The maximum absolute atomic E-state index is 12.6. The molecule has 0 N–H and O–H groups in total. The van der Waals surface area contributed by atoms with E-state index in [9.17, 15) is 13.2 Å². The van der Waals surface area contributed by atoms with Gasteiger partial charge in [0.15, 0.2) is 0 Å². The molecule has 1 rings (SSSR count). The van der Waals surface area contributed by atoms with E-state index in [2.05, 4.69) is 4.98 Å². The molecule has 0 unspecified atom stereocenters. The molecule has 6 heteroatoms. The van der Waals surface area contributed by atoms with Gasteiger partial charge in [0.25, 0.3) is 0 Å². The first-order valence-corrected chi connectivity index (χ1v) is 5.68.